The van der Waals surface area contributed by atoms with Gasteiger partial charge in [-0.2, -0.15) is 0 Å². The summed E-state index contributed by atoms with van der Waals surface area (Å²) in [7, 11) is -1.86. The van der Waals surface area contributed by atoms with E-state index in [1.807, 2.05) is 0 Å². The Morgan fingerprint density at radius 1 is 1.38 bits per heavy atom. The highest BCUT2D eigenvalue weighted by molar-refractivity contribution is 7.91. The number of rotatable bonds is 9. The predicted octanol–water partition coefficient (Wildman–Crippen LogP) is 1.77. The minimum Gasteiger partial charge on any atom is -0.480 e. The van der Waals surface area contributed by atoms with Crippen LogP contribution in [0.3, 0.4) is 0 Å². The van der Waals surface area contributed by atoms with E-state index in [-0.39, 0.29) is 10.6 Å². The third-order valence-electron chi connectivity index (χ3n) is 3.07. The predicted molar refractivity (Wildman–Crippen MR) is 80.3 cm³/mol. The van der Waals surface area contributed by atoms with Gasteiger partial charge in [0.15, 0.2) is 9.84 Å². The molecule has 1 aromatic rings. The minimum absolute atomic E-state index is 0.0346. The van der Waals surface area contributed by atoms with Crippen LogP contribution in [-0.4, -0.2) is 45.0 Å². The molecule has 0 saturated carbocycles. The van der Waals surface area contributed by atoms with Gasteiger partial charge in [0.2, 0.25) is 0 Å². The molecule has 0 aromatic heterocycles. The van der Waals surface area contributed by atoms with Crippen LogP contribution in [0.1, 0.15) is 19.8 Å². The molecule has 0 fully saturated rings. The van der Waals surface area contributed by atoms with Crippen LogP contribution in [0, 0.1) is 0 Å². The highest BCUT2D eigenvalue weighted by atomic mass is 32.2. The molecule has 0 saturated heterocycles. The molecular weight excluding hydrogens is 294 g/mol. The molecule has 0 heterocycles. The number of aliphatic carboxylic acids is 1. The Morgan fingerprint density at radius 3 is 2.62 bits per heavy atom. The first-order valence-corrected chi connectivity index (χ1v) is 8.37. The number of hydrogen-bond donors (Lipinski definition) is 2. The fraction of sp³-hybridized carbons (Fsp3) is 0.500. The van der Waals surface area contributed by atoms with Crippen LogP contribution in [0.4, 0.5) is 5.69 Å². The van der Waals surface area contributed by atoms with Gasteiger partial charge in [-0.3, -0.25) is 0 Å². The maximum atomic E-state index is 12.0. The van der Waals surface area contributed by atoms with Crippen LogP contribution in [0.25, 0.3) is 0 Å². The molecule has 0 aliphatic rings. The van der Waals surface area contributed by atoms with E-state index in [0.29, 0.717) is 25.1 Å². The Hall–Kier alpha value is -1.60. The van der Waals surface area contributed by atoms with E-state index >= 15 is 0 Å². The molecule has 6 nitrogen and oxygen atoms in total. The lowest BCUT2D eigenvalue weighted by molar-refractivity contribution is -0.138. The molecule has 1 aromatic carbocycles. The first-order chi connectivity index (χ1) is 9.92. The summed E-state index contributed by atoms with van der Waals surface area (Å²) in [5, 5.41) is 12.0. The molecule has 0 amide bonds. The Morgan fingerprint density at radius 2 is 2.05 bits per heavy atom. The number of sulfone groups is 1. The number of nitrogens with one attached hydrogen (secondary N) is 1. The van der Waals surface area contributed by atoms with E-state index in [1.54, 1.807) is 32.2 Å². The Balaban J connectivity index is 2.97. The molecular formula is C14H21NO5S. The zero-order valence-electron chi connectivity index (χ0n) is 12.2. The van der Waals surface area contributed by atoms with Crippen LogP contribution in [0.2, 0.25) is 0 Å². The van der Waals surface area contributed by atoms with E-state index in [1.165, 1.54) is 6.07 Å². The summed E-state index contributed by atoms with van der Waals surface area (Å²) in [6.07, 6.45) is 0.923. The molecule has 0 radical (unpaired) electrons. The van der Waals surface area contributed by atoms with Gasteiger partial charge in [-0.25, -0.2) is 13.2 Å². The molecule has 7 heteroatoms. The monoisotopic (exact) mass is 315 g/mol. The quantitative estimate of drug-likeness (QED) is 0.675. The largest absolute Gasteiger partial charge is 0.480 e. The van der Waals surface area contributed by atoms with Gasteiger partial charge in [0.1, 0.15) is 6.04 Å². The van der Waals surface area contributed by atoms with Crippen molar-refractivity contribution < 1.29 is 23.1 Å². The molecule has 0 aliphatic heterocycles. The van der Waals surface area contributed by atoms with E-state index in [9.17, 15) is 18.3 Å². The normalized spacial score (nSPS) is 12.9. The van der Waals surface area contributed by atoms with Crippen molar-refractivity contribution in [3.05, 3.63) is 24.3 Å². The van der Waals surface area contributed by atoms with Gasteiger partial charge in [-0.05, 0) is 25.0 Å². The summed E-state index contributed by atoms with van der Waals surface area (Å²) < 4.78 is 29.0. The molecule has 2 N–H and O–H groups in total. The highest BCUT2D eigenvalue weighted by Gasteiger charge is 2.21. The maximum absolute atomic E-state index is 12.0. The summed E-state index contributed by atoms with van der Waals surface area (Å²) >= 11 is 0. The van der Waals surface area contributed by atoms with Gasteiger partial charge in [0, 0.05) is 13.7 Å². The second kappa shape index (κ2) is 7.99. The van der Waals surface area contributed by atoms with Gasteiger partial charge in [-0.1, -0.05) is 19.1 Å². The molecule has 0 spiro atoms. The van der Waals surface area contributed by atoms with Crippen LogP contribution in [-0.2, 0) is 19.4 Å². The average Bonchev–Trinajstić information content (AvgIpc) is 2.46. The fourth-order valence-corrected chi connectivity index (χ4v) is 2.95. The Bertz CT molecular complexity index is 570. The summed E-state index contributed by atoms with van der Waals surface area (Å²) in [6, 6.07) is 5.50. The SMILES string of the molecule is CCS(=O)(=O)c1ccccc1NC(CCCOC)C(=O)O. The molecule has 1 rings (SSSR count). The van der Waals surface area contributed by atoms with E-state index in [2.05, 4.69) is 5.32 Å². The van der Waals surface area contributed by atoms with Crippen LogP contribution >= 0.6 is 0 Å². The lowest BCUT2D eigenvalue weighted by atomic mass is 10.1. The maximum Gasteiger partial charge on any atom is 0.326 e. The molecule has 0 bridgehead atoms. The number of methoxy groups -OCH3 is 1. The van der Waals surface area contributed by atoms with E-state index in [0.717, 1.165) is 0 Å². The standard InChI is InChI=1S/C14H21NO5S/c1-3-21(18,19)13-9-5-4-7-11(13)15-12(14(16)17)8-6-10-20-2/h4-5,7,9,12,15H,3,6,8,10H2,1-2H3,(H,16,17). The minimum atomic E-state index is -3.41. The Kier molecular flexibility index (Phi) is 6.64. The number of ether oxygens (including phenoxy) is 1. The number of carboxylic acid groups (broad SMARTS) is 1. The molecule has 1 unspecified atom stereocenters. The molecule has 21 heavy (non-hydrogen) atoms. The average molecular weight is 315 g/mol. The van der Waals surface area contributed by atoms with E-state index < -0.39 is 21.8 Å². The van der Waals surface area contributed by atoms with Gasteiger partial charge in [-0.15, -0.1) is 0 Å². The molecule has 118 valence electrons. The van der Waals surface area contributed by atoms with Gasteiger partial charge < -0.3 is 15.2 Å². The zero-order chi connectivity index (χ0) is 15.9. The third-order valence-corrected chi connectivity index (χ3v) is 4.86. The molecule has 1 atom stereocenters. The summed E-state index contributed by atoms with van der Waals surface area (Å²) in [5.41, 5.74) is 0.323. The number of para-hydroxylation sites is 1. The number of carboxylic acids is 1. The van der Waals surface area contributed by atoms with Crippen molar-refractivity contribution in [2.45, 2.75) is 30.7 Å². The van der Waals surface area contributed by atoms with Crippen molar-refractivity contribution >= 4 is 21.5 Å². The van der Waals surface area contributed by atoms with Crippen LogP contribution < -0.4 is 5.32 Å². The van der Waals surface area contributed by atoms with Crippen molar-refractivity contribution in [3.63, 3.8) is 0 Å². The lowest BCUT2D eigenvalue weighted by Crippen LogP contribution is -2.30. The summed E-state index contributed by atoms with van der Waals surface area (Å²) in [5.74, 6) is -1.05. The van der Waals surface area contributed by atoms with Gasteiger partial charge >= 0.3 is 5.97 Å². The lowest BCUT2D eigenvalue weighted by Gasteiger charge is -2.18. The zero-order valence-corrected chi connectivity index (χ0v) is 13.0. The first-order valence-electron chi connectivity index (χ1n) is 6.72. The van der Waals surface area contributed by atoms with Gasteiger partial charge in [0.25, 0.3) is 0 Å². The number of anilines is 1. The van der Waals surface area contributed by atoms with Gasteiger partial charge in [0.05, 0.1) is 16.3 Å². The van der Waals surface area contributed by atoms with Crippen molar-refractivity contribution in [1.82, 2.24) is 0 Å². The number of carbonyl (C=O) groups is 1. The van der Waals surface area contributed by atoms with Crippen LogP contribution in [0.15, 0.2) is 29.2 Å². The third kappa shape index (κ3) is 5.02. The second-order valence-electron chi connectivity index (χ2n) is 4.57. The fourth-order valence-electron chi connectivity index (χ4n) is 1.89. The first kappa shape index (κ1) is 17.5. The molecule has 0 aliphatic carbocycles. The van der Waals surface area contributed by atoms with Crippen molar-refractivity contribution in [2.24, 2.45) is 0 Å². The summed E-state index contributed by atoms with van der Waals surface area (Å²) in [6.45, 7) is 2.01. The Labute approximate surface area is 125 Å². The number of benzene rings is 1. The van der Waals surface area contributed by atoms with Crippen molar-refractivity contribution in [3.8, 4) is 0 Å². The van der Waals surface area contributed by atoms with Crippen molar-refractivity contribution in [1.29, 1.82) is 0 Å². The number of hydrogen-bond acceptors (Lipinski definition) is 5. The smallest absolute Gasteiger partial charge is 0.326 e. The van der Waals surface area contributed by atoms with E-state index in [4.69, 9.17) is 4.74 Å². The van der Waals surface area contributed by atoms with Crippen molar-refractivity contribution in [2.75, 3.05) is 24.8 Å². The summed E-state index contributed by atoms with van der Waals surface area (Å²) in [4.78, 5) is 11.4. The second-order valence-corrected chi connectivity index (χ2v) is 6.82. The topological polar surface area (TPSA) is 92.7 Å². The van der Waals surface area contributed by atoms with Crippen LogP contribution in [0.5, 0.6) is 0 Å². The highest BCUT2D eigenvalue weighted by Crippen LogP contribution is 2.23.